The number of hydrogen-bond donors (Lipinski definition) is 1. The fraction of sp³-hybridized carbons (Fsp3) is 0.0833. The predicted molar refractivity (Wildman–Crippen MR) is 118 cm³/mol. The van der Waals surface area contributed by atoms with Gasteiger partial charge < -0.3 is 10.2 Å². The lowest BCUT2D eigenvalue weighted by Crippen LogP contribution is -2.21. The van der Waals surface area contributed by atoms with Gasteiger partial charge in [-0.25, -0.2) is 9.37 Å². The lowest BCUT2D eigenvalue weighted by atomic mass is 10.1. The first-order chi connectivity index (χ1) is 15.6. The quantitative estimate of drug-likeness (QED) is 0.443. The summed E-state index contributed by atoms with van der Waals surface area (Å²) in [7, 11) is 1.42. The Hall–Kier alpha value is -4.51. The number of rotatable bonds is 4. The van der Waals surface area contributed by atoms with E-state index in [4.69, 9.17) is 9.82 Å². The minimum absolute atomic E-state index is 0.234. The molecule has 0 fully saturated rings. The molecule has 7 nitrogen and oxygen atoms in total. The molecular formula is C24H16FN5O2. The number of benzene rings is 3. The number of aromatic nitrogens is 2. The molecule has 2 heterocycles. The van der Waals surface area contributed by atoms with Crippen LogP contribution < -0.4 is 10.9 Å². The van der Waals surface area contributed by atoms with Gasteiger partial charge in [0.25, 0.3) is 5.56 Å². The number of halogens is 1. The number of nitriles is 1. The Kier molecular flexibility index (Phi) is 4.64. The second-order valence-corrected chi connectivity index (χ2v) is 7.25. The second-order valence-electron chi connectivity index (χ2n) is 7.25. The molecule has 0 amide bonds. The largest absolute Gasteiger partial charge is 0.399 e. The zero-order valence-corrected chi connectivity index (χ0v) is 17.0. The van der Waals surface area contributed by atoms with Gasteiger partial charge in [-0.15, -0.1) is 0 Å². The minimum Gasteiger partial charge on any atom is -0.399 e. The molecule has 0 radical (unpaired) electrons. The summed E-state index contributed by atoms with van der Waals surface area (Å²) in [5.41, 5.74) is 4.02. The van der Waals surface area contributed by atoms with Crippen molar-refractivity contribution >= 4 is 22.3 Å². The van der Waals surface area contributed by atoms with E-state index < -0.39 is 0 Å². The molecule has 0 atom stereocenters. The van der Waals surface area contributed by atoms with Crippen molar-refractivity contribution in [2.24, 2.45) is 5.16 Å². The lowest BCUT2D eigenvalue weighted by Gasteiger charge is -2.10. The number of anilines is 1. The molecule has 0 unspecified atom stereocenters. The summed E-state index contributed by atoms with van der Waals surface area (Å²) >= 11 is 0. The standard InChI is InChI=1S/C24H16FN5O2/c1-32-29-22-19-10-15(12-26)4-9-21(19)30-23(22)28-20-11-17(7-8-18(20)24(30)31)27-13-14-2-5-16(25)6-3-14/h2-11,27H,13H2,1H3/b29-22+. The van der Waals surface area contributed by atoms with E-state index in [1.807, 2.05) is 0 Å². The number of nitrogens with zero attached hydrogens (tertiary/aromatic N) is 4. The summed E-state index contributed by atoms with van der Waals surface area (Å²) in [5, 5.41) is 17.1. The van der Waals surface area contributed by atoms with Crippen LogP contribution in [0.4, 0.5) is 10.1 Å². The van der Waals surface area contributed by atoms with E-state index >= 15 is 0 Å². The first kappa shape index (κ1) is 19.5. The Morgan fingerprint density at radius 1 is 1.16 bits per heavy atom. The molecule has 1 N–H and O–H groups in total. The molecule has 5 rings (SSSR count). The molecule has 8 heteroatoms. The Balaban J connectivity index is 1.59. The lowest BCUT2D eigenvalue weighted by molar-refractivity contribution is 0.214. The molecule has 0 spiro atoms. The molecule has 32 heavy (non-hydrogen) atoms. The smallest absolute Gasteiger partial charge is 0.266 e. The van der Waals surface area contributed by atoms with Crippen molar-refractivity contribution in [3.8, 4) is 11.8 Å². The molecule has 1 aliphatic heterocycles. The SMILES string of the molecule is CO/N=C1\c2cc(C#N)ccc2-n2c1nc1cc(NCc3ccc(F)cc3)ccc1c2=O. The first-order valence-electron chi connectivity index (χ1n) is 9.80. The average molecular weight is 425 g/mol. The van der Waals surface area contributed by atoms with Crippen LogP contribution in [0.3, 0.4) is 0 Å². The van der Waals surface area contributed by atoms with Gasteiger partial charge in [-0.05, 0) is 54.1 Å². The van der Waals surface area contributed by atoms with Gasteiger partial charge in [-0.3, -0.25) is 9.36 Å². The molecule has 3 aromatic carbocycles. The van der Waals surface area contributed by atoms with Crippen molar-refractivity contribution in [2.75, 3.05) is 12.4 Å². The fourth-order valence-electron chi connectivity index (χ4n) is 3.78. The van der Waals surface area contributed by atoms with E-state index in [-0.39, 0.29) is 11.4 Å². The second kappa shape index (κ2) is 7.63. The van der Waals surface area contributed by atoms with Gasteiger partial charge in [0.2, 0.25) is 0 Å². The molecule has 0 aliphatic carbocycles. The molecule has 1 aliphatic rings. The third-order valence-corrected chi connectivity index (χ3v) is 5.30. The van der Waals surface area contributed by atoms with E-state index in [0.29, 0.717) is 45.8 Å². The summed E-state index contributed by atoms with van der Waals surface area (Å²) in [6.07, 6.45) is 0. The van der Waals surface area contributed by atoms with Gasteiger partial charge in [0.15, 0.2) is 11.5 Å². The van der Waals surface area contributed by atoms with E-state index in [1.54, 1.807) is 48.5 Å². The maximum Gasteiger partial charge on any atom is 0.266 e. The van der Waals surface area contributed by atoms with Crippen molar-refractivity contribution < 1.29 is 9.23 Å². The summed E-state index contributed by atoms with van der Waals surface area (Å²) < 4.78 is 14.6. The zero-order chi connectivity index (χ0) is 22.2. The highest BCUT2D eigenvalue weighted by Gasteiger charge is 2.29. The number of nitrogens with one attached hydrogen (secondary N) is 1. The van der Waals surface area contributed by atoms with Crippen LogP contribution in [0.25, 0.3) is 16.6 Å². The third-order valence-electron chi connectivity index (χ3n) is 5.30. The highest BCUT2D eigenvalue weighted by Crippen LogP contribution is 2.28. The number of fused-ring (bicyclic) bond motifs is 4. The normalized spacial score (nSPS) is 13.0. The van der Waals surface area contributed by atoms with Crippen molar-refractivity contribution in [2.45, 2.75) is 6.54 Å². The van der Waals surface area contributed by atoms with Gasteiger partial charge in [0.1, 0.15) is 12.9 Å². The van der Waals surface area contributed by atoms with E-state index in [0.717, 1.165) is 11.3 Å². The average Bonchev–Trinajstić information content (AvgIpc) is 3.11. The molecule has 0 saturated carbocycles. The molecule has 0 saturated heterocycles. The van der Waals surface area contributed by atoms with Crippen LogP contribution in [-0.2, 0) is 11.4 Å². The Morgan fingerprint density at radius 2 is 1.97 bits per heavy atom. The highest BCUT2D eigenvalue weighted by molar-refractivity contribution is 6.16. The summed E-state index contributed by atoms with van der Waals surface area (Å²) in [5.74, 6) is 0.0690. The fourth-order valence-corrected chi connectivity index (χ4v) is 3.78. The van der Waals surface area contributed by atoms with Crippen LogP contribution in [0.5, 0.6) is 0 Å². The van der Waals surface area contributed by atoms with E-state index in [1.165, 1.54) is 23.8 Å². The topological polar surface area (TPSA) is 92.3 Å². The molecular weight excluding hydrogens is 409 g/mol. The van der Waals surface area contributed by atoms with Crippen molar-refractivity contribution in [1.29, 1.82) is 5.26 Å². The summed E-state index contributed by atoms with van der Waals surface area (Å²) in [6.45, 7) is 0.495. The molecule has 0 bridgehead atoms. The van der Waals surface area contributed by atoms with E-state index in [9.17, 15) is 14.4 Å². The maximum atomic E-state index is 13.3. The molecule has 156 valence electrons. The minimum atomic E-state index is -0.283. The van der Waals surface area contributed by atoms with Crippen molar-refractivity contribution in [3.05, 3.63) is 99.3 Å². The van der Waals surface area contributed by atoms with Crippen LogP contribution in [0.15, 0.2) is 70.6 Å². The zero-order valence-electron chi connectivity index (χ0n) is 17.0. The Bertz CT molecular complexity index is 1500. The van der Waals surface area contributed by atoms with Crippen molar-refractivity contribution in [3.63, 3.8) is 0 Å². The first-order valence-corrected chi connectivity index (χ1v) is 9.80. The highest BCUT2D eigenvalue weighted by atomic mass is 19.1. The van der Waals surface area contributed by atoms with Crippen LogP contribution in [0.1, 0.15) is 22.5 Å². The predicted octanol–water partition coefficient (Wildman–Crippen LogP) is 3.72. The van der Waals surface area contributed by atoms with Gasteiger partial charge in [-0.2, -0.15) is 5.26 Å². The van der Waals surface area contributed by atoms with Crippen LogP contribution in [0.2, 0.25) is 0 Å². The maximum absolute atomic E-state index is 13.3. The number of oxime groups is 1. The Labute approximate surface area is 182 Å². The van der Waals surface area contributed by atoms with Gasteiger partial charge in [0, 0.05) is 17.8 Å². The van der Waals surface area contributed by atoms with Gasteiger partial charge in [-0.1, -0.05) is 17.3 Å². The van der Waals surface area contributed by atoms with E-state index in [2.05, 4.69) is 16.5 Å². The third kappa shape index (κ3) is 3.17. The van der Waals surface area contributed by atoms with Crippen LogP contribution in [0, 0.1) is 17.1 Å². The molecule has 1 aromatic heterocycles. The summed E-state index contributed by atoms with van der Waals surface area (Å²) in [6, 6.07) is 18.7. The monoisotopic (exact) mass is 425 g/mol. The van der Waals surface area contributed by atoms with Gasteiger partial charge >= 0.3 is 0 Å². The van der Waals surface area contributed by atoms with Gasteiger partial charge in [0.05, 0.1) is 28.2 Å². The van der Waals surface area contributed by atoms with Crippen LogP contribution in [-0.4, -0.2) is 22.4 Å². The molecule has 4 aromatic rings. The number of hydrogen-bond acceptors (Lipinski definition) is 6. The van der Waals surface area contributed by atoms with Crippen molar-refractivity contribution in [1.82, 2.24) is 9.55 Å². The van der Waals surface area contributed by atoms with Crippen LogP contribution >= 0.6 is 0 Å². The summed E-state index contributed by atoms with van der Waals surface area (Å²) in [4.78, 5) is 23.0. The Morgan fingerprint density at radius 3 is 2.72 bits per heavy atom.